The van der Waals surface area contributed by atoms with Gasteiger partial charge in [0.25, 0.3) is 0 Å². The van der Waals surface area contributed by atoms with Gasteiger partial charge in [0.1, 0.15) is 6.61 Å². The smallest absolute Gasteiger partial charge is 0.466 e. The molecule has 0 saturated heterocycles. The van der Waals surface area contributed by atoms with Crippen LogP contribution in [0.4, 0.5) is 4.79 Å². The van der Waals surface area contributed by atoms with E-state index in [-0.39, 0.29) is 19.2 Å². The Kier molecular flexibility index (Phi) is 10.2. The van der Waals surface area contributed by atoms with Crippen LogP contribution in [0.25, 0.3) is 0 Å². The van der Waals surface area contributed by atoms with Crippen molar-refractivity contribution in [2.45, 2.75) is 6.92 Å². The number of aliphatic hydroxyl groups excluding tert-OH is 1. The van der Waals surface area contributed by atoms with Crippen LogP contribution < -0.4 is 0 Å². The zero-order valence-electron chi connectivity index (χ0n) is 8.15. The van der Waals surface area contributed by atoms with Crippen molar-refractivity contribution in [3.05, 3.63) is 12.2 Å². The molecule has 14 heavy (non-hydrogen) atoms. The molecular weight excluding hydrogens is 192 g/mol. The minimum atomic E-state index is -1.35. The Morgan fingerprint density at radius 1 is 1.43 bits per heavy atom. The highest BCUT2D eigenvalue weighted by Gasteiger charge is 1.95. The molecule has 2 N–H and O–H groups in total. The molecule has 0 bridgehead atoms. The van der Waals surface area contributed by atoms with E-state index in [1.807, 2.05) is 0 Å². The topological polar surface area (TPSA) is 93.1 Å². The lowest BCUT2D eigenvalue weighted by Crippen LogP contribution is -2.04. The molecule has 0 aromatic rings. The minimum Gasteiger partial charge on any atom is -0.466 e. The summed E-state index contributed by atoms with van der Waals surface area (Å²) in [5.74, 6) is -0.347. The molecule has 0 atom stereocenters. The fourth-order valence-electron chi connectivity index (χ4n) is 0.307. The first-order valence-corrected chi connectivity index (χ1v) is 3.66. The highest BCUT2D eigenvalue weighted by molar-refractivity contribution is 5.86. The largest absolute Gasteiger partial charge is 0.505 e. The second kappa shape index (κ2) is 9.53. The molecule has 0 unspecified atom stereocenters. The lowest BCUT2D eigenvalue weighted by molar-refractivity contribution is -0.136. The van der Waals surface area contributed by atoms with Crippen LogP contribution in [0, 0.1) is 0 Å². The van der Waals surface area contributed by atoms with Crippen LogP contribution in [0.15, 0.2) is 12.2 Å². The van der Waals surface area contributed by atoms with Crippen LogP contribution in [0.3, 0.4) is 0 Å². The predicted octanol–water partition coefficient (Wildman–Crippen LogP) is 0.409. The molecule has 0 aliphatic rings. The maximum atomic E-state index is 10.2. The first-order valence-electron chi connectivity index (χ1n) is 3.66. The molecule has 0 aromatic carbocycles. The Labute approximate surface area is 81.7 Å². The fraction of sp³-hybridized carbons (Fsp3) is 0.500. The van der Waals surface area contributed by atoms with E-state index in [1.54, 1.807) is 6.92 Å². The molecule has 82 valence electrons. The molecule has 0 fully saturated rings. The van der Waals surface area contributed by atoms with E-state index in [0.717, 1.165) is 0 Å². The molecule has 0 amide bonds. The number of hydrogen-bond acceptors (Lipinski definition) is 5. The van der Waals surface area contributed by atoms with E-state index >= 15 is 0 Å². The highest BCUT2D eigenvalue weighted by Crippen LogP contribution is 1.87. The Hall–Kier alpha value is -1.56. The van der Waals surface area contributed by atoms with E-state index in [1.165, 1.54) is 7.11 Å². The first-order chi connectivity index (χ1) is 6.45. The van der Waals surface area contributed by atoms with Crippen molar-refractivity contribution in [3.63, 3.8) is 0 Å². The number of aliphatic hydroxyl groups is 1. The maximum absolute atomic E-state index is 10.2. The lowest BCUT2D eigenvalue weighted by atomic mass is 10.4. The first kappa shape index (κ1) is 14.9. The summed E-state index contributed by atoms with van der Waals surface area (Å²) in [6, 6.07) is 0. The van der Waals surface area contributed by atoms with Crippen molar-refractivity contribution in [1.82, 2.24) is 0 Å². The summed E-state index contributed by atoms with van der Waals surface area (Å²) in [5, 5.41) is 15.6. The van der Waals surface area contributed by atoms with Crippen LogP contribution in [0.1, 0.15) is 6.92 Å². The third kappa shape index (κ3) is 13.1. The number of carbonyl (C=O) groups excluding carboxylic acids is 1. The standard InChI is InChI=1S/C5H8O2.C3H6O4/c1-4(2)5(6)7-3;4-1-2-7-3(5)6/h1H2,2-3H3;4H,1-2H2,(H,5,6). The van der Waals surface area contributed by atoms with E-state index in [0.29, 0.717) is 5.57 Å². The molecule has 6 heteroatoms. The predicted molar refractivity (Wildman–Crippen MR) is 47.9 cm³/mol. The highest BCUT2D eigenvalue weighted by atomic mass is 16.7. The van der Waals surface area contributed by atoms with Gasteiger partial charge in [-0.3, -0.25) is 0 Å². The Bertz CT molecular complexity index is 198. The monoisotopic (exact) mass is 206 g/mol. The Balaban J connectivity index is 0. The molecule has 0 spiro atoms. The average Bonchev–Trinajstić information content (AvgIpc) is 2.14. The van der Waals surface area contributed by atoms with Crippen molar-refractivity contribution in [3.8, 4) is 0 Å². The van der Waals surface area contributed by atoms with Crippen LogP contribution in [-0.2, 0) is 14.3 Å². The van der Waals surface area contributed by atoms with Gasteiger partial charge in [0.15, 0.2) is 0 Å². The van der Waals surface area contributed by atoms with Crippen LogP contribution in [0.2, 0.25) is 0 Å². The van der Waals surface area contributed by atoms with Crippen molar-refractivity contribution >= 4 is 12.1 Å². The van der Waals surface area contributed by atoms with E-state index in [2.05, 4.69) is 16.1 Å². The SMILES string of the molecule is C=C(C)C(=O)OC.O=C(O)OCCO. The van der Waals surface area contributed by atoms with Gasteiger partial charge in [-0.2, -0.15) is 0 Å². The molecule has 0 rings (SSSR count). The molecule has 0 radical (unpaired) electrons. The van der Waals surface area contributed by atoms with Crippen molar-refractivity contribution in [1.29, 1.82) is 0 Å². The summed E-state index contributed by atoms with van der Waals surface area (Å²) >= 11 is 0. The van der Waals surface area contributed by atoms with Gasteiger partial charge in [-0.15, -0.1) is 0 Å². The number of methoxy groups -OCH3 is 1. The lowest BCUT2D eigenvalue weighted by Gasteiger charge is -1.91. The normalized spacial score (nSPS) is 7.93. The van der Waals surface area contributed by atoms with E-state index in [9.17, 15) is 9.59 Å². The fourth-order valence-corrected chi connectivity index (χ4v) is 0.307. The van der Waals surface area contributed by atoms with Crippen LogP contribution in [0.5, 0.6) is 0 Å². The average molecular weight is 206 g/mol. The molecular formula is C8H14O6. The Morgan fingerprint density at radius 3 is 2.00 bits per heavy atom. The maximum Gasteiger partial charge on any atom is 0.505 e. The number of carboxylic acid groups (broad SMARTS) is 1. The number of carbonyl (C=O) groups is 2. The number of esters is 1. The molecule has 0 saturated carbocycles. The van der Waals surface area contributed by atoms with Gasteiger partial charge in [0.05, 0.1) is 13.7 Å². The van der Waals surface area contributed by atoms with Crippen molar-refractivity contribution in [2.24, 2.45) is 0 Å². The number of hydrogen-bond donors (Lipinski definition) is 2. The third-order valence-electron chi connectivity index (χ3n) is 0.851. The van der Waals surface area contributed by atoms with Crippen molar-refractivity contribution < 1.29 is 29.3 Å². The summed E-state index contributed by atoms with van der Waals surface area (Å²) in [6.07, 6.45) is -1.35. The van der Waals surface area contributed by atoms with Gasteiger partial charge in [-0.05, 0) is 6.92 Å². The molecule has 0 heterocycles. The van der Waals surface area contributed by atoms with Gasteiger partial charge in [-0.25, -0.2) is 9.59 Å². The number of rotatable bonds is 3. The summed E-state index contributed by atoms with van der Waals surface area (Å²) < 4.78 is 8.13. The van der Waals surface area contributed by atoms with E-state index in [4.69, 9.17) is 10.2 Å². The molecule has 0 aromatic heterocycles. The molecule has 0 aliphatic carbocycles. The van der Waals surface area contributed by atoms with Gasteiger partial charge in [0.2, 0.25) is 0 Å². The van der Waals surface area contributed by atoms with Gasteiger partial charge in [0, 0.05) is 5.57 Å². The second-order valence-electron chi connectivity index (χ2n) is 2.11. The zero-order chi connectivity index (χ0) is 11.6. The van der Waals surface area contributed by atoms with Crippen molar-refractivity contribution in [2.75, 3.05) is 20.3 Å². The third-order valence-corrected chi connectivity index (χ3v) is 0.851. The van der Waals surface area contributed by atoms with E-state index < -0.39 is 6.16 Å². The number of ether oxygens (including phenoxy) is 2. The van der Waals surface area contributed by atoms with Crippen LogP contribution >= 0.6 is 0 Å². The van der Waals surface area contributed by atoms with Crippen LogP contribution in [-0.4, -0.2) is 42.7 Å². The minimum absolute atomic E-state index is 0.144. The molecule has 6 nitrogen and oxygen atoms in total. The molecule has 0 aliphatic heterocycles. The van der Waals surface area contributed by atoms with Gasteiger partial charge >= 0.3 is 12.1 Å². The summed E-state index contributed by atoms with van der Waals surface area (Å²) in [6.45, 7) is 4.55. The quantitative estimate of drug-likeness (QED) is 0.513. The summed E-state index contributed by atoms with van der Waals surface area (Å²) in [4.78, 5) is 19.6. The second-order valence-corrected chi connectivity index (χ2v) is 2.11. The Morgan fingerprint density at radius 2 is 1.93 bits per heavy atom. The van der Waals surface area contributed by atoms with Gasteiger partial charge in [-0.1, -0.05) is 6.58 Å². The zero-order valence-corrected chi connectivity index (χ0v) is 8.15. The summed E-state index contributed by atoms with van der Waals surface area (Å²) in [5.41, 5.74) is 0.433. The van der Waals surface area contributed by atoms with Gasteiger partial charge < -0.3 is 19.7 Å². The summed E-state index contributed by atoms with van der Waals surface area (Å²) in [7, 11) is 1.33.